The molecule has 29 heavy (non-hydrogen) atoms. The lowest BCUT2D eigenvalue weighted by Crippen LogP contribution is -2.45. The van der Waals surface area contributed by atoms with Crippen molar-refractivity contribution in [3.8, 4) is 16.1 Å². The summed E-state index contributed by atoms with van der Waals surface area (Å²) < 4.78 is 1.91. The molecule has 1 saturated heterocycles. The lowest BCUT2D eigenvalue weighted by Gasteiger charge is -2.23. The van der Waals surface area contributed by atoms with Gasteiger partial charge in [-0.05, 0) is 43.1 Å². The topological polar surface area (TPSA) is 114 Å². The second-order valence-corrected chi connectivity index (χ2v) is 7.93. The first-order valence-corrected chi connectivity index (χ1v) is 10.2. The van der Waals surface area contributed by atoms with Crippen LogP contribution in [0.4, 0.5) is 10.5 Å². The molecular formula is C20H22N6O2S. The lowest BCUT2D eigenvalue weighted by molar-refractivity contribution is 0.0935. The van der Waals surface area contributed by atoms with Crippen LogP contribution in [0.15, 0.2) is 49.1 Å². The van der Waals surface area contributed by atoms with E-state index in [2.05, 4.69) is 20.9 Å². The summed E-state index contributed by atoms with van der Waals surface area (Å²) in [6.07, 6.45) is 7.29. The molecule has 4 rings (SSSR count). The number of imidazole rings is 1. The normalized spacial score (nSPS) is 16.3. The number of urea groups is 1. The fraction of sp³-hybridized carbons (Fsp3) is 0.250. The molecule has 0 radical (unpaired) electrons. The number of benzene rings is 1. The Labute approximate surface area is 172 Å². The molecule has 3 aromatic rings. The molecule has 0 spiro atoms. The quantitative estimate of drug-likeness (QED) is 0.518. The van der Waals surface area contributed by atoms with Crippen molar-refractivity contribution in [1.82, 2.24) is 20.2 Å². The van der Waals surface area contributed by atoms with Crippen LogP contribution in [0.1, 0.15) is 22.5 Å². The van der Waals surface area contributed by atoms with E-state index in [0.29, 0.717) is 10.6 Å². The maximum Gasteiger partial charge on any atom is 0.316 e. The molecule has 150 valence electrons. The molecule has 2 aromatic heterocycles. The number of piperidine rings is 1. The standard InChI is InChI=1S/C20H22N6O2S/c21-20(28)25-16-10-17(13-3-5-15(6-4-13)26-9-8-23-12-26)29-18(16)19(27)24-14-2-1-7-22-11-14/h3-6,8-10,12,14,22H,1-2,7,11H2,(H,24,27)(H3,21,25,28). The van der Waals surface area contributed by atoms with Gasteiger partial charge in [-0.3, -0.25) is 4.79 Å². The number of primary amides is 1. The van der Waals surface area contributed by atoms with E-state index >= 15 is 0 Å². The first kappa shape index (κ1) is 19.2. The van der Waals surface area contributed by atoms with E-state index < -0.39 is 6.03 Å². The van der Waals surface area contributed by atoms with Gasteiger partial charge in [0, 0.05) is 35.5 Å². The molecule has 9 heteroatoms. The van der Waals surface area contributed by atoms with Crippen LogP contribution in [0.3, 0.4) is 0 Å². The fourth-order valence-corrected chi connectivity index (χ4v) is 4.39. The zero-order chi connectivity index (χ0) is 20.2. The first-order chi connectivity index (χ1) is 14.1. The van der Waals surface area contributed by atoms with Gasteiger partial charge in [0.1, 0.15) is 4.88 Å². The van der Waals surface area contributed by atoms with Crippen LogP contribution >= 0.6 is 11.3 Å². The Kier molecular flexibility index (Phi) is 5.59. The summed E-state index contributed by atoms with van der Waals surface area (Å²) in [6, 6.07) is 9.08. The highest BCUT2D eigenvalue weighted by molar-refractivity contribution is 7.18. The Morgan fingerprint density at radius 1 is 1.28 bits per heavy atom. The highest BCUT2D eigenvalue weighted by Crippen LogP contribution is 2.35. The molecule has 5 N–H and O–H groups in total. The second-order valence-electron chi connectivity index (χ2n) is 6.88. The first-order valence-electron chi connectivity index (χ1n) is 9.41. The van der Waals surface area contributed by atoms with E-state index in [9.17, 15) is 9.59 Å². The van der Waals surface area contributed by atoms with Gasteiger partial charge in [-0.2, -0.15) is 0 Å². The largest absolute Gasteiger partial charge is 0.351 e. The molecule has 1 atom stereocenters. The van der Waals surface area contributed by atoms with Crippen molar-refractivity contribution in [2.24, 2.45) is 5.73 Å². The molecule has 3 amide bonds. The summed E-state index contributed by atoms with van der Waals surface area (Å²) in [7, 11) is 0. The number of hydrogen-bond acceptors (Lipinski definition) is 5. The van der Waals surface area contributed by atoms with Crippen molar-refractivity contribution >= 4 is 29.0 Å². The Morgan fingerprint density at radius 3 is 2.76 bits per heavy atom. The number of thiophene rings is 1. The van der Waals surface area contributed by atoms with E-state index in [1.54, 1.807) is 18.6 Å². The number of aromatic nitrogens is 2. The molecule has 1 fully saturated rings. The van der Waals surface area contributed by atoms with Gasteiger partial charge in [0.05, 0.1) is 12.0 Å². The molecule has 1 aliphatic heterocycles. The van der Waals surface area contributed by atoms with Gasteiger partial charge < -0.3 is 26.3 Å². The van der Waals surface area contributed by atoms with Crippen LogP contribution in [0.2, 0.25) is 0 Å². The van der Waals surface area contributed by atoms with Gasteiger partial charge in [-0.1, -0.05) is 12.1 Å². The average Bonchev–Trinajstić information content (AvgIpc) is 3.39. The van der Waals surface area contributed by atoms with Crippen LogP contribution in [-0.2, 0) is 0 Å². The van der Waals surface area contributed by atoms with Crippen molar-refractivity contribution in [2.75, 3.05) is 18.4 Å². The summed E-state index contributed by atoms with van der Waals surface area (Å²) in [5, 5.41) is 8.90. The number of carbonyl (C=O) groups excluding carboxylic acids is 2. The van der Waals surface area contributed by atoms with Crippen molar-refractivity contribution in [2.45, 2.75) is 18.9 Å². The van der Waals surface area contributed by atoms with Gasteiger partial charge >= 0.3 is 6.03 Å². The van der Waals surface area contributed by atoms with Crippen LogP contribution < -0.4 is 21.7 Å². The number of hydrogen-bond donors (Lipinski definition) is 4. The number of anilines is 1. The molecular weight excluding hydrogens is 388 g/mol. The molecule has 8 nitrogen and oxygen atoms in total. The maximum atomic E-state index is 12.8. The van der Waals surface area contributed by atoms with Gasteiger partial charge in [0.15, 0.2) is 0 Å². The molecule has 0 saturated carbocycles. The zero-order valence-electron chi connectivity index (χ0n) is 15.7. The fourth-order valence-electron chi connectivity index (χ4n) is 3.36. The molecule has 0 bridgehead atoms. The second kappa shape index (κ2) is 8.46. The lowest BCUT2D eigenvalue weighted by atomic mass is 10.1. The minimum Gasteiger partial charge on any atom is -0.351 e. The van der Waals surface area contributed by atoms with Crippen molar-refractivity contribution in [3.63, 3.8) is 0 Å². The minimum absolute atomic E-state index is 0.0812. The maximum absolute atomic E-state index is 12.8. The number of nitrogens with one attached hydrogen (secondary N) is 3. The van der Waals surface area contributed by atoms with Gasteiger partial charge in [0.25, 0.3) is 5.91 Å². The Hall–Kier alpha value is -3.17. The number of amides is 3. The molecule has 1 aliphatic rings. The predicted molar refractivity (Wildman–Crippen MR) is 113 cm³/mol. The van der Waals surface area contributed by atoms with Crippen LogP contribution in [-0.4, -0.2) is 40.6 Å². The highest BCUT2D eigenvalue weighted by Gasteiger charge is 2.22. The van der Waals surface area contributed by atoms with Crippen molar-refractivity contribution in [3.05, 3.63) is 53.9 Å². The van der Waals surface area contributed by atoms with Crippen LogP contribution in [0, 0.1) is 0 Å². The highest BCUT2D eigenvalue weighted by atomic mass is 32.1. The van der Waals surface area contributed by atoms with Gasteiger partial charge in [-0.15, -0.1) is 11.3 Å². The third kappa shape index (κ3) is 4.47. The number of nitrogens with zero attached hydrogens (tertiary/aromatic N) is 2. The monoisotopic (exact) mass is 410 g/mol. The number of nitrogens with two attached hydrogens (primary N) is 1. The molecule has 1 unspecified atom stereocenters. The van der Waals surface area contributed by atoms with E-state index in [0.717, 1.165) is 42.1 Å². The summed E-state index contributed by atoms with van der Waals surface area (Å²) in [5.74, 6) is -0.200. The SMILES string of the molecule is NC(=O)Nc1cc(-c2ccc(-n3ccnc3)cc2)sc1C(=O)NC1CCCNC1. The summed E-state index contributed by atoms with van der Waals surface area (Å²) in [6.45, 7) is 1.72. The molecule has 3 heterocycles. The van der Waals surface area contributed by atoms with Gasteiger partial charge in [-0.25, -0.2) is 9.78 Å². The minimum atomic E-state index is -0.696. The molecule has 1 aromatic carbocycles. The third-order valence-electron chi connectivity index (χ3n) is 4.78. The van der Waals surface area contributed by atoms with Crippen LogP contribution in [0.5, 0.6) is 0 Å². The van der Waals surface area contributed by atoms with Crippen LogP contribution in [0.25, 0.3) is 16.1 Å². The predicted octanol–water partition coefficient (Wildman–Crippen LogP) is 2.57. The smallest absolute Gasteiger partial charge is 0.316 e. The third-order valence-corrected chi connectivity index (χ3v) is 5.97. The zero-order valence-corrected chi connectivity index (χ0v) is 16.5. The van der Waals surface area contributed by atoms with Crippen molar-refractivity contribution in [1.29, 1.82) is 0 Å². The average molecular weight is 411 g/mol. The summed E-state index contributed by atoms with van der Waals surface area (Å²) in [4.78, 5) is 29.6. The van der Waals surface area contributed by atoms with E-state index in [4.69, 9.17) is 5.73 Å². The van der Waals surface area contributed by atoms with Gasteiger partial charge in [0.2, 0.25) is 0 Å². The van der Waals surface area contributed by atoms with E-state index in [1.807, 2.05) is 35.0 Å². The van der Waals surface area contributed by atoms with Crippen molar-refractivity contribution < 1.29 is 9.59 Å². The number of rotatable bonds is 5. The number of carbonyl (C=O) groups is 2. The Balaban J connectivity index is 1.59. The Morgan fingerprint density at radius 2 is 2.10 bits per heavy atom. The molecule has 0 aliphatic carbocycles. The van der Waals surface area contributed by atoms with E-state index in [1.165, 1.54) is 11.3 Å². The summed E-state index contributed by atoms with van der Waals surface area (Å²) >= 11 is 1.33. The van der Waals surface area contributed by atoms with E-state index in [-0.39, 0.29) is 11.9 Å². The summed E-state index contributed by atoms with van der Waals surface area (Å²) in [5.41, 5.74) is 7.67. The Bertz CT molecular complexity index is 991.